The second kappa shape index (κ2) is 7.28. The molecule has 0 saturated heterocycles. The van der Waals surface area contributed by atoms with Gasteiger partial charge in [-0.05, 0) is 30.3 Å². The lowest BCUT2D eigenvalue weighted by molar-refractivity contribution is -0.697. The molecule has 0 radical (unpaired) electrons. The van der Waals surface area contributed by atoms with E-state index in [1.54, 1.807) is 25.4 Å². The number of carbonyl (C=O) groups is 1. The highest BCUT2D eigenvalue weighted by atomic mass is 16.5. The molecule has 0 amide bonds. The Morgan fingerprint density at radius 2 is 1.81 bits per heavy atom. The van der Waals surface area contributed by atoms with Gasteiger partial charge in [-0.3, -0.25) is 0 Å². The predicted molar refractivity (Wildman–Crippen MR) is 76.5 cm³/mol. The van der Waals surface area contributed by atoms with E-state index in [4.69, 9.17) is 14.2 Å². The van der Waals surface area contributed by atoms with Crippen molar-refractivity contribution in [2.75, 3.05) is 20.8 Å². The van der Waals surface area contributed by atoms with Crippen molar-refractivity contribution >= 4 is 5.97 Å². The standard InChI is InChI=1S/C16H18NO4/c1-19-14-5-7-15(8-6-14)21-11-10-17-9-3-4-13(12-17)16(18)20-2/h3-9,12H,10-11H2,1-2H3/q+1. The molecule has 0 aliphatic rings. The molecule has 5 heteroatoms. The van der Waals surface area contributed by atoms with Gasteiger partial charge in [-0.2, -0.15) is 0 Å². The van der Waals surface area contributed by atoms with Crippen LogP contribution >= 0.6 is 0 Å². The molecule has 0 N–H and O–H groups in total. The third kappa shape index (κ3) is 4.21. The third-order valence-electron chi connectivity index (χ3n) is 2.96. The van der Waals surface area contributed by atoms with Gasteiger partial charge in [0.1, 0.15) is 23.7 Å². The molecule has 0 fully saturated rings. The zero-order valence-corrected chi connectivity index (χ0v) is 12.1. The molecular formula is C16H18NO4+. The summed E-state index contributed by atoms with van der Waals surface area (Å²) in [6.07, 6.45) is 3.62. The largest absolute Gasteiger partial charge is 0.497 e. The first-order valence-electron chi connectivity index (χ1n) is 6.57. The summed E-state index contributed by atoms with van der Waals surface area (Å²) in [5.41, 5.74) is 0.518. The molecule has 5 nitrogen and oxygen atoms in total. The van der Waals surface area contributed by atoms with Crippen molar-refractivity contribution in [2.45, 2.75) is 6.54 Å². The van der Waals surface area contributed by atoms with E-state index in [1.165, 1.54) is 7.11 Å². The number of benzene rings is 1. The number of rotatable bonds is 6. The van der Waals surface area contributed by atoms with Crippen LogP contribution in [0.3, 0.4) is 0 Å². The summed E-state index contributed by atoms with van der Waals surface area (Å²) in [7, 11) is 2.99. The second-order valence-corrected chi connectivity index (χ2v) is 4.35. The Hall–Kier alpha value is -2.56. The van der Waals surface area contributed by atoms with Gasteiger partial charge in [-0.1, -0.05) is 0 Å². The lowest BCUT2D eigenvalue weighted by atomic mass is 10.3. The highest BCUT2D eigenvalue weighted by Gasteiger charge is 2.10. The van der Waals surface area contributed by atoms with E-state index in [2.05, 4.69) is 0 Å². The number of esters is 1. The van der Waals surface area contributed by atoms with Crippen LogP contribution < -0.4 is 14.0 Å². The summed E-state index contributed by atoms with van der Waals surface area (Å²) >= 11 is 0. The van der Waals surface area contributed by atoms with Crippen molar-refractivity contribution in [1.82, 2.24) is 0 Å². The van der Waals surface area contributed by atoms with E-state index in [-0.39, 0.29) is 5.97 Å². The molecular weight excluding hydrogens is 270 g/mol. The molecule has 0 saturated carbocycles. The molecule has 21 heavy (non-hydrogen) atoms. The minimum Gasteiger partial charge on any atom is -0.497 e. The van der Waals surface area contributed by atoms with Crippen LogP contribution in [0.2, 0.25) is 0 Å². The van der Waals surface area contributed by atoms with E-state index >= 15 is 0 Å². The van der Waals surface area contributed by atoms with Crippen LogP contribution in [0.4, 0.5) is 0 Å². The Bertz CT molecular complexity index is 595. The van der Waals surface area contributed by atoms with E-state index < -0.39 is 0 Å². The van der Waals surface area contributed by atoms with Crippen molar-refractivity contribution in [3.8, 4) is 11.5 Å². The van der Waals surface area contributed by atoms with E-state index in [9.17, 15) is 4.79 Å². The predicted octanol–water partition coefficient (Wildman–Crippen LogP) is 1.85. The van der Waals surface area contributed by atoms with Crippen molar-refractivity contribution in [2.24, 2.45) is 0 Å². The van der Waals surface area contributed by atoms with Crippen molar-refractivity contribution in [3.63, 3.8) is 0 Å². The molecule has 0 bridgehead atoms. The van der Waals surface area contributed by atoms with E-state index in [0.717, 1.165) is 11.5 Å². The van der Waals surface area contributed by atoms with Gasteiger partial charge < -0.3 is 14.2 Å². The van der Waals surface area contributed by atoms with E-state index in [1.807, 2.05) is 35.0 Å². The van der Waals surface area contributed by atoms with Crippen LogP contribution in [-0.2, 0) is 11.3 Å². The monoisotopic (exact) mass is 288 g/mol. The van der Waals surface area contributed by atoms with Crippen LogP contribution in [0, 0.1) is 0 Å². The lowest BCUT2D eigenvalue weighted by Gasteiger charge is -2.05. The molecule has 110 valence electrons. The number of hydrogen-bond acceptors (Lipinski definition) is 4. The van der Waals surface area contributed by atoms with Gasteiger partial charge >= 0.3 is 5.97 Å². The fraction of sp³-hybridized carbons (Fsp3) is 0.250. The lowest BCUT2D eigenvalue weighted by Crippen LogP contribution is -2.36. The average Bonchev–Trinajstić information content (AvgIpc) is 2.55. The Balaban J connectivity index is 1.89. The van der Waals surface area contributed by atoms with Gasteiger partial charge in [-0.15, -0.1) is 0 Å². The molecule has 2 rings (SSSR count). The molecule has 2 aromatic rings. The number of ether oxygens (including phenoxy) is 3. The maximum atomic E-state index is 11.4. The number of aromatic nitrogens is 1. The van der Waals surface area contributed by atoms with Gasteiger partial charge in [-0.25, -0.2) is 9.36 Å². The molecule has 0 aliphatic heterocycles. The Morgan fingerprint density at radius 1 is 1.10 bits per heavy atom. The Labute approximate surface area is 123 Å². The van der Waals surface area contributed by atoms with Crippen LogP contribution in [0.15, 0.2) is 48.8 Å². The first-order chi connectivity index (χ1) is 10.2. The smallest absolute Gasteiger partial charge is 0.343 e. The van der Waals surface area contributed by atoms with Crippen LogP contribution in [0.25, 0.3) is 0 Å². The fourth-order valence-corrected chi connectivity index (χ4v) is 1.84. The Morgan fingerprint density at radius 3 is 2.48 bits per heavy atom. The summed E-state index contributed by atoms with van der Waals surface area (Å²) in [5.74, 6) is 1.23. The van der Waals surface area contributed by atoms with Gasteiger partial charge in [0, 0.05) is 6.07 Å². The van der Waals surface area contributed by atoms with Crippen molar-refractivity contribution in [1.29, 1.82) is 0 Å². The Kier molecular flexibility index (Phi) is 5.15. The highest BCUT2D eigenvalue weighted by Crippen LogP contribution is 2.16. The molecule has 1 heterocycles. The number of methoxy groups -OCH3 is 2. The molecule has 0 atom stereocenters. The normalized spacial score (nSPS) is 10.0. The SMILES string of the molecule is COC(=O)c1ccc[n+](CCOc2ccc(OC)cc2)c1. The van der Waals surface area contributed by atoms with E-state index in [0.29, 0.717) is 18.7 Å². The molecule has 0 spiro atoms. The van der Waals surface area contributed by atoms with Crippen molar-refractivity contribution < 1.29 is 23.6 Å². The third-order valence-corrected chi connectivity index (χ3v) is 2.96. The minimum atomic E-state index is -0.347. The van der Waals surface area contributed by atoms with Crippen molar-refractivity contribution in [3.05, 3.63) is 54.4 Å². The molecule has 1 aromatic carbocycles. The first-order valence-corrected chi connectivity index (χ1v) is 6.57. The summed E-state index contributed by atoms with van der Waals surface area (Å²) in [4.78, 5) is 11.4. The zero-order chi connectivity index (χ0) is 15.1. The topological polar surface area (TPSA) is 48.6 Å². The summed E-state index contributed by atoms with van der Waals surface area (Å²) in [6.45, 7) is 1.14. The summed E-state index contributed by atoms with van der Waals surface area (Å²) < 4.78 is 17.3. The molecule has 0 aliphatic carbocycles. The van der Waals surface area contributed by atoms with Gasteiger partial charge in [0.05, 0.1) is 14.2 Å². The highest BCUT2D eigenvalue weighted by molar-refractivity contribution is 5.88. The first kappa shape index (κ1) is 14.8. The quantitative estimate of drug-likeness (QED) is 0.601. The number of carbonyl (C=O) groups excluding carboxylic acids is 1. The summed E-state index contributed by atoms with van der Waals surface area (Å²) in [5, 5.41) is 0. The number of pyridine rings is 1. The maximum absolute atomic E-state index is 11.4. The van der Waals surface area contributed by atoms with Crippen LogP contribution in [0.5, 0.6) is 11.5 Å². The second-order valence-electron chi connectivity index (χ2n) is 4.35. The van der Waals surface area contributed by atoms with Crippen LogP contribution in [-0.4, -0.2) is 26.8 Å². The maximum Gasteiger partial charge on any atom is 0.343 e. The average molecular weight is 288 g/mol. The minimum absolute atomic E-state index is 0.347. The fourth-order valence-electron chi connectivity index (χ4n) is 1.84. The van der Waals surface area contributed by atoms with Crippen LogP contribution in [0.1, 0.15) is 10.4 Å². The number of hydrogen-bond donors (Lipinski definition) is 0. The summed E-state index contributed by atoms with van der Waals surface area (Å²) in [6, 6.07) is 10.9. The van der Waals surface area contributed by atoms with Gasteiger partial charge in [0.15, 0.2) is 18.9 Å². The van der Waals surface area contributed by atoms with Gasteiger partial charge in [0.25, 0.3) is 0 Å². The zero-order valence-electron chi connectivity index (χ0n) is 12.1. The molecule has 0 unspecified atom stereocenters. The van der Waals surface area contributed by atoms with Gasteiger partial charge in [0.2, 0.25) is 0 Å². The molecule has 1 aromatic heterocycles. The number of nitrogens with zero attached hydrogens (tertiary/aromatic N) is 1.